The number of benzene rings is 1. The van der Waals surface area contributed by atoms with Gasteiger partial charge in [-0.15, -0.1) is 0 Å². The molecule has 0 saturated carbocycles. The number of likely N-dealkylation sites (tertiary alicyclic amines) is 1. The lowest BCUT2D eigenvalue weighted by Crippen LogP contribution is -2.41. The van der Waals surface area contributed by atoms with Crippen molar-refractivity contribution >= 4 is 11.0 Å². The van der Waals surface area contributed by atoms with Gasteiger partial charge in [0.15, 0.2) is 0 Å². The fourth-order valence-corrected chi connectivity index (χ4v) is 3.07. The molecule has 0 spiro atoms. The minimum atomic E-state index is -0.298. The Balaban J connectivity index is 1.92. The number of hydrogen-bond donors (Lipinski definition) is 1. The number of nitrogens with zero attached hydrogens (tertiary/aromatic N) is 1. The van der Waals surface area contributed by atoms with E-state index in [1.807, 2.05) is 25.1 Å². The lowest BCUT2D eigenvalue weighted by atomic mass is 9.96. The van der Waals surface area contributed by atoms with Crippen LogP contribution in [-0.4, -0.2) is 29.2 Å². The summed E-state index contributed by atoms with van der Waals surface area (Å²) in [6.45, 7) is 6.49. The lowest BCUT2D eigenvalue weighted by Gasteiger charge is -2.34. The second-order valence-electron chi connectivity index (χ2n) is 6.16. The van der Waals surface area contributed by atoms with Crippen LogP contribution in [-0.2, 0) is 6.54 Å². The fraction of sp³-hybridized carbons (Fsp3) is 0.471. The van der Waals surface area contributed by atoms with E-state index in [1.54, 1.807) is 6.07 Å². The second-order valence-corrected chi connectivity index (χ2v) is 6.16. The zero-order valence-electron chi connectivity index (χ0n) is 12.5. The van der Waals surface area contributed by atoms with Gasteiger partial charge in [0.2, 0.25) is 0 Å². The molecule has 2 aromatic rings. The van der Waals surface area contributed by atoms with Crippen LogP contribution in [0.1, 0.15) is 24.5 Å². The Kier molecular flexibility index (Phi) is 3.83. The van der Waals surface area contributed by atoms with Gasteiger partial charge in [0, 0.05) is 31.1 Å². The zero-order chi connectivity index (χ0) is 15.0. The summed E-state index contributed by atoms with van der Waals surface area (Å²) in [5, 5.41) is 10.8. The molecule has 4 heteroatoms. The van der Waals surface area contributed by atoms with Crippen molar-refractivity contribution in [3.63, 3.8) is 0 Å². The van der Waals surface area contributed by atoms with Gasteiger partial charge < -0.3 is 9.52 Å². The van der Waals surface area contributed by atoms with Gasteiger partial charge in [-0.25, -0.2) is 4.79 Å². The first-order valence-corrected chi connectivity index (χ1v) is 7.47. The normalized spacial score (nSPS) is 23.6. The van der Waals surface area contributed by atoms with E-state index in [4.69, 9.17) is 4.42 Å². The molecule has 0 radical (unpaired) electrons. The fourth-order valence-electron chi connectivity index (χ4n) is 3.07. The van der Waals surface area contributed by atoms with E-state index < -0.39 is 0 Å². The molecule has 1 saturated heterocycles. The molecule has 21 heavy (non-hydrogen) atoms. The minimum Gasteiger partial charge on any atom is -0.423 e. The predicted octanol–water partition coefficient (Wildman–Crippen LogP) is 2.30. The number of aliphatic hydroxyl groups is 1. The van der Waals surface area contributed by atoms with Crippen molar-refractivity contribution in [3.05, 3.63) is 45.8 Å². The first-order chi connectivity index (χ1) is 10.0. The molecule has 2 unspecified atom stereocenters. The molecule has 0 amide bonds. The molecular weight excluding hydrogens is 266 g/mol. The summed E-state index contributed by atoms with van der Waals surface area (Å²) >= 11 is 0. The van der Waals surface area contributed by atoms with E-state index >= 15 is 0 Å². The molecule has 0 aliphatic carbocycles. The first-order valence-electron chi connectivity index (χ1n) is 7.47. The summed E-state index contributed by atoms with van der Waals surface area (Å²) < 4.78 is 5.30. The SMILES string of the molecule is Cc1ccc2c(CN3CCC(O)C(C)C3)cc(=O)oc2c1. The smallest absolute Gasteiger partial charge is 0.336 e. The molecule has 3 rings (SSSR count). The predicted molar refractivity (Wildman–Crippen MR) is 82.3 cm³/mol. The van der Waals surface area contributed by atoms with Crippen molar-refractivity contribution in [1.29, 1.82) is 0 Å². The third-order valence-electron chi connectivity index (χ3n) is 4.32. The third kappa shape index (κ3) is 3.01. The van der Waals surface area contributed by atoms with Gasteiger partial charge in [-0.2, -0.15) is 0 Å². The maximum absolute atomic E-state index is 11.7. The number of fused-ring (bicyclic) bond motifs is 1. The van der Waals surface area contributed by atoms with E-state index in [-0.39, 0.29) is 17.6 Å². The van der Waals surface area contributed by atoms with Crippen LogP contribution in [0.5, 0.6) is 0 Å². The van der Waals surface area contributed by atoms with Crippen molar-refractivity contribution in [2.75, 3.05) is 13.1 Å². The van der Waals surface area contributed by atoms with Crippen molar-refractivity contribution in [2.45, 2.75) is 32.9 Å². The molecule has 2 atom stereocenters. The van der Waals surface area contributed by atoms with E-state index in [1.165, 1.54) is 0 Å². The largest absolute Gasteiger partial charge is 0.423 e. The lowest BCUT2D eigenvalue weighted by molar-refractivity contribution is 0.0321. The van der Waals surface area contributed by atoms with Crippen molar-refractivity contribution in [3.8, 4) is 0 Å². The van der Waals surface area contributed by atoms with Gasteiger partial charge in [-0.1, -0.05) is 19.1 Å². The van der Waals surface area contributed by atoms with Crippen LogP contribution in [0.25, 0.3) is 11.0 Å². The molecule has 1 aliphatic heterocycles. The quantitative estimate of drug-likeness (QED) is 0.861. The van der Waals surface area contributed by atoms with Gasteiger partial charge in [0.1, 0.15) is 5.58 Å². The summed E-state index contributed by atoms with van der Waals surface area (Å²) in [5.74, 6) is 0.271. The van der Waals surface area contributed by atoms with E-state index in [2.05, 4.69) is 11.8 Å². The highest BCUT2D eigenvalue weighted by Gasteiger charge is 2.24. The Morgan fingerprint density at radius 2 is 2.19 bits per heavy atom. The summed E-state index contributed by atoms with van der Waals surface area (Å²) in [5.41, 5.74) is 2.44. The Hall–Kier alpha value is -1.65. The highest BCUT2D eigenvalue weighted by molar-refractivity contribution is 5.80. The monoisotopic (exact) mass is 287 g/mol. The average molecular weight is 287 g/mol. The average Bonchev–Trinajstić information content (AvgIpc) is 2.42. The van der Waals surface area contributed by atoms with Crippen LogP contribution in [0.15, 0.2) is 33.5 Å². The molecule has 112 valence electrons. The number of rotatable bonds is 2. The summed E-state index contributed by atoms with van der Waals surface area (Å²) in [7, 11) is 0. The summed E-state index contributed by atoms with van der Waals surface area (Å²) in [6.07, 6.45) is 0.584. The van der Waals surface area contributed by atoms with Gasteiger partial charge >= 0.3 is 5.63 Å². The van der Waals surface area contributed by atoms with Crippen molar-refractivity contribution < 1.29 is 9.52 Å². The number of piperidine rings is 1. The third-order valence-corrected chi connectivity index (χ3v) is 4.32. The van der Waals surface area contributed by atoms with E-state index in [0.717, 1.165) is 42.6 Å². The Bertz CT molecular complexity index is 707. The van der Waals surface area contributed by atoms with E-state index in [9.17, 15) is 9.90 Å². The Morgan fingerprint density at radius 3 is 2.95 bits per heavy atom. The van der Waals surface area contributed by atoms with Crippen molar-refractivity contribution in [1.82, 2.24) is 4.90 Å². The van der Waals surface area contributed by atoms with Crippen LogP contribution in [0.4, 0.5) is 0 Å². The Morgan fingerprint density at radius 1 is 1.38 bits per heavy atom. The van der Waals surface area contributed by atoms with Gasteiger partial charge in [0.05, 0.1) is 6.10 Å². The number of aryl methyl sites for hydroxylation is 1. The Labute approximate surface area is 124 Å². The van der Waals surface area contributed by atoms with Crippen LogP contribution in [0, 0.1) is 12.8 Å². The minimum absolute atomic E-state index is 0.207. The number of aliphatic hydroxyl groups excluding tert-OH is 1. The molecular formula is C17H21NO3. The summed E-state index contributed by atoms with van der Waals surface area (Å²) in [6, 6.07) is 7.55. The molecule has 1 aliphatic rings. The standard InChI is InChI=1S/C17H21NO3/c1-11-3-4-14-13(8-17(20)21-16(14)7-11)10-18-6-5-15(19)12(2)9-18/h3-4,7-8,12,15,19H,5-6,9-10H2,1-2H3. The molecule has 0 bridgehead atoms. The maximum Gasteiger partial charge on any atom is 0.336 e. The first kappa shape index (κ1) is 14.3. The highest BCUT2D eigenvalue weighted by Crippen LogP contribution is 2.23. The van der Waals surface area contributed by atoms with Crippen LogP contribution < -0.4 is 5.63 Å². The van der Waals surface area contributed by atoms with Crippen molar-refractivity contribution in [2.24, 2.45) is 5.92 Å². The maximum atomic E-state index is 11.7. The molecule has 1 aromatic heterocycles. The molecule has 1 fully saturated rings. The molecule has 1 N–H and O–H groups in total. The topological polar surface area (TPSA) is 53.7 Å². The second kappa shape index (κ2) is 5.62. The van der Waals surface area contributed by atoms with Crippen LogP contribution in [0.3, 0.4) is 0 Å². The molecule has 2 heterocycles. The van der Waals surface area contributed by atoms with Crippen LogP contribution >= 0.6 is 0 Å². The van der Waals surface area contributed by atoms with E-state index in [0.29, 0.717) is 5.58 Å². The molecule has 1 aromatic carbocycles. The number of hydrogen-bond acceptors (Lipinski definition) is 4. The summed E-state index contributed by atoms with van der Waals surface area (Å²) in [4.78, 5) is 14.0. The molecule has 4 nitrogen and oxygen atoms in total. The zero-order valence-corrected chi connectivity index (χ0v) is 12.5. The van der Waals surface area contributed by atoms with Gasteiger partial charge in [0.25, 0.3) is 0 Å². The van der Waals surface area contributed by atoms with Gasteiger partial charge in [-0.05, 0) is 36.5 Å². The van der Waals surface area contributed by atoms with Gasteiger partial charge in [-0.3, -0.25) is 4.90 Å². The van der Waals surface area contributed by atoms with Crippen LogP contribution in [0.2, 0.25) is 0 Å². The highest BCUT2D eigenvalue weighted by atomic mass is 16.4.